The molecule has 0 aliphatic carbocycles. The van der Waals surface area contributed by atoms with Gasteiger partial charge in [0.15, 0.2) is 0 Å². The van der Waals surface area contributed by atoms with Crippen molar-refractivity contribution in [3.8, 4) is 0 Å². The Labute approximate surface area is 194 Å². The lowest BCUT2D eigenvalue weighted by atomic mass is 9.79. The maximum Gasteiger partial charge on any atom is 0.268 e. The molecule has 2 amide bonds. The van der Waals surface area contributed by atoms with Gasteiger partial charge in [0.2, 0.25) is 0 Å². The molecule has 0 spiro atoms. The second-order valence-corrected chi connectivity index (χ2v) is 9.70. The van der Waals surface area contributed by atoms with E-state index in [9.17, 15) is 9.59 Å². The standard InChI is InChI=1S/C27H30N2O2S/c1-19-12-14-21(15-13-19)25(30)29-24(17-23-11-8-16-32-23)26(31)28-20(2)18-27(3,4)22-9-6-5-7-10-22/h5-17,20H,18H2,1-4H3,(H,28,31)(H,29,30)/b24-17-. The molecule has 166 valence electrons. The molecule has 1 unspecified atom stereocenters. The maximum absolute atomic E-state index is 13.1. The maximum atomic E-state index is 13.1. The summed E-state index contributed by atoms with van der Waals surface area (Å²) in [4.78, 5) is 26.8. The van der Waals surface area contributed by atoms with Crippen LogP contribution in [0, 0.1) is 6.92 Å². The van der Waals surface area contributed by atoms with Gasteiger partial charge < -0.3 is 10.6 Å². The second kappa shape index (κ2) is 10.4. The highest BCUT2D eigenvalue weighted by atomic mass is 32.1. The van der Waals surface area contributed by atoms with Gasteiger partial charge in [0.1, 0.15) is 5.70 Å². The summed E-state index contributed by atoms with van der Waals surface area (Å²) >= 11 is 1.51. The lowest BCUT2D eigenvalue weighted by Gasteiger charge is -2.29. The molecule has 2 aromatic carbocycles. The predicted octanol–water partition coefficient (Wildman–Crippen LogP) is 5.70. The molecule has 3 aromatic rings. The van der Waals surface area contributed by atoms with Crippen molar-refractivity contribution in [1.82, 2.24) is 10.6 Å². The van der Waals surface area contributed by atoms with Crippen LogP contribution in [0.5, 0.6) is 0 Å². The first-order chi connectivity index (χ1) is 15.2. The Morgan fingerprint density at radius 2 is 1.69 bits per heavy atom. The van der Waals surface area contributed by atoms with Gasteiger partial charge in [-0.15, -0.1) is 11.3 Å². The number of hydrogen-bond acceptors (Lipinski definition) is 3. The van der Waals surface area contributed by atoms with E-state index >= 15 is 0 Å². The number of aryl methyl sites for hydroxylation is 1. The summed E-state index contributed by atoms with van der Waals surface area (Å²) in [5.74, 6) is -0.601. The fraction of sp³-hybridized carbons (Fsp3) is 0.259. The van der Waals surface area contributed by atoms with E-state index < -0.39 is 0 Å². The number of nitrogens with one attached hydrogen (secondary N) is 2. The molecule has 2 N–H and O–H groups in total. The normalized spacial score (nSPS) is 12.8. The van der Waals surface area contributed by atoms with Crippen LogP contribution < -0.4 is 10.6 Å². The molecular formula is C27H30N2O2S. The van der Waals surface area contributed by atoms with E-state index in [-0.39, 0.29) is 29.0 Å². The van der Waals surface area contributed by atoms with Crippen molar-refractivity contribution in [2.75, 3.05) is 0 Å². The van der Waals surface area contributed by atoms with Gasteiger partial charge in [-0.3, -0.25) is 9.59 Å². The van der Waals surface area contributed by atoms with Crippen LogP contribution in [0.4, 0.5) is 0 Å². The number of rotatable bonds is 8. The molecule has 1 atom stereocenters. The van der Waals surface area contributed by atoms with Crippen LogP contribution in [0.15, 0.2) is 77.8 Å². The summed E-state index contributed by atoms with van der Waals surface area (Å²) in [6, 6.07) is 21.3. The van der Waals surface area contributed by atoms with E-state index in [0.717, 1.165) is 16.9 Å². The third-order valence-corrected chi connectivity index (χ3v) is 6.20. The van der Waals surface area contributed by atoms with Gasteiger partial charge in [0.05, 0.1) is 0 Å². The van der Waals surface area contributed by atoms with Gasteiger partial charge >= 0.3 is 0 Å². The van der Waals surface area contributed by atoms with Crippen LogP contribution in [-0.4, -0.2) is 17.9 Å². The van der Waals surface area contributed by atoms with Gasteiger partial charge in [-0.25, -0.2) is 0 Å². The molecule has 0 fully saturated rings. The fourth-order valence-corrected chi connectivity index (χ4v) is 4.36. The highest BCUT2D eigenvalue weighted by Gasteiger charge is 2.25. The average Bonchev–Trinajstić information content (AvgIpc) is 3.27. The van der Waals surface area contributed by atoms with E-state index in [1.807, 2.05) is 61.7 Å². The highest BCUT2D eigenvalue weighted by Crippen LogP contribution is 2.28. The summed E-state index contributed by atoms with van der Waals surface area (Å²) in [5.41, 5.74) is 2.95. The van der Waals surface area contributed by atoms with E-state index in [0.29, 0.717) is 5.56 Å². The first kappa shape index (κ1) is 23.5. The fourth-order valence-electron chi connectivity index (χ4n) is 3.70. The zero-order valence-electron chi connectivity index (χ0n) is 19.0. The van der Waals surface area contributed by atoms with Crippen LogP contribution in [0.2, 0.25) is 0 Å². The van der Waals surface area contributed by atoms with Gasteiger partial charge in [-0.1, -0.05) is 67.9 Å². The minimum atomic E-state index is -0.305. The summed E-state index contributed by atoms with van der Waals surface area (Å²) in [5, 5.41) is 7.81. The molecule has 3 rings (SSSR count). The molecule has 0 radical (unpaired) electrons. The molecule has 5 heteroatoms. The van der Waals surface area contributed by atoms with Crippen molar-refractivity contribution in [2.45, 2.75) is 45.6 Å². The Morgan fingerprint density at radius 3 is 2.31 bits per heavy atom. The quantitative estimate of drug-likeness (QED) is 0.436. The van der Waals surface area contributed by atoms with Gasteiger partial charge in [-0.05, 0) is 60.9 Å². The van der Waals surface area contributed by atoms with E-state index in [4.69, 9.17) is 0 Å². The number of carbonyl (C=O) groups is 2. The number of hydrogen-bond donors (Lipinski definition) is 2. The van der Waals surface area contributed by atoms with Gasteiger partial charge in [-0.2, -0.15) is 0 Å². The second-order valence-electron chi connectivity index (χ2n) is 8.72. The minimum absolute atomic E-state index is 0.0827. The third kappa shape index (κ3) is 6.41. The monoisotopic (exact) mass is 446 g/mol. The van der Waals surface area contributed by atoms with Crippen LogP contribution in [0.25, 0.3) is 6.08 Å². The first-order valence-electron chi connectivity index (χ1n) is 10.7. The van der Waals surface area contributed by atoms with Crippen LogP contribution in [0.1, 0.15) is 53.6 Å². The van der Waals surface area contributed by atoms with E-state index in [1.54, 1.807) is 18.2 Å². The zero-order chi connectivity index (χ0) is 23.1. The summed E-state index contributed by atoms with van der Waals surface area (Å²) in [7, 11) is 0. The number of thiophene rings is 1. The highest BCUT2D eigenvalue weighted by molar-refractivity contribution is 7.10. The molecule has 0 bridgehead atoms. The Hall–Kier alpha value is -3.18. The molecular weight excluding hydrogens is 416 g/mol. The number of benzene rings is 2. The molecule has 0 saturated heterocycles. The number of amides is 2. The minimum Gasteiger partial charge on any atom is -0.348 e. The molecule has 1 aromatic heterocycles. The van der Waals surface area contributed by atoms with Crippen molar-refractivity contribution in [1.29, 1.82) is 0 Å². The van der Waals surface area contributed by atoms with Crippen LogP contribution >= 0.6 is 11.3 Å². The molecule has 0 aliphatic rings. The van der Waals surface area contributed by atoms with Crippen LogP contribution in [-0.2, 0) is 10.2 Å². The van der Waals surface area contributed by atoms with Crippen molar-refractivity contribution < 1.29 is 9.59 Å². The number of carbonyl (C=O) groups excluding carboxylic acids is 2. The first-order valence-corrected chi connectivity index (χ1v) is 11.6. The van der Waals surface area contributed by atoms with Crippen molar-refractivity contribution in [3.05, 3.63) is 99.4 Å². The van der Waals surface area contributed by atoms with Crippen LogP contribution in [0.3, 0.4) is 0 Å². The summed E-state index contributed by atoms with van der Waals surface area (Å²) in [6.45, 7) is 8.31. The predicted molar refractivity (Wildman–Crippen MR) is 133 cm³/mol. The molecule has 0 aliphatic heterocycles. The average molecular weight is 447 g/mol. The van der Waals surface area contributed by atoms with Crippen molar-refractivity contribution >= 4 is 29.2 Å². The SMILES string of the molecule is Cc1ccc(C(=O)N/C(=C\c2cccs2)C(=O)NC(C)CC(C)(C)c2ccccc2)cc1. The zero-order valence-corrected chi connectivity index (χ0v) is 19.8. The topological polar surface area (TPSA) is 58.2 Å². The Balaban J connectivity index is 1.73. The third-order valence-electron chi connectivity index (χ3n) is 5.39. The van der Waals surface area contributed by atoms with Crippen molar-refractivity contribution in [2.24, 2.45) is 0 Å². The Kier molecular flexibility index (Phi) is 7.65. The van der Waals surface area contributed by atoms with Crippen molar-refractivity contribution in [3.63, 3.8) is 0 Å². The lowest BCUT2D eigenvalue weighted by molar-refractivity contribution is -0.118. The lowest BCUT2D eigenvalue weighted by Crippen LogP contribution is -2.41. The van der Waals surface area contributed by atoms with Gasteiger partial charge in [0, 0.05) is 16.5 Å². The largest absolute Gasteiger partial charge is 0.348 e. The van der Waals surface area contributed by atoms with E-state index in [2.05, 4.69) is 36.6 Å². The molecule has 0 saturated carbocycles. The smallest absolute Gasteiger partial charge is 0.268 e. The Bertz CT molecular complexity index is 1070. The Morgan fingerprint density at radius 1 is 1.00 bits per heavy atom. The summed E-state index contributed by atoms with van der Waals surface area (Å²) in [6.07, 6.45) is 2.49. The molecule has 1 heterocycles. The molecule has 4 nitrogen and oxygen atoms in total. The van der Waals surface area contributed by atoms with Gasteiger partial charge in [0.25, 0.3) is 11.8 Å². The molecule has 32 heavy (non-hydrogen) atoms. The summed E-state index contributed by atoms with van der Waals surface area (Å²) < 4.78 is 0. The van der Waals surface area contributed by atoms with E-state index in [1.165, 1.54) is 16.9 Å².